The minimum absolute atomic E-state index is 0.0102. The molecular weight excluding hydrogens is 342 g/mol. The lowest BCUT2D eigenvalue weighted by Gasteiger charge is -2.13. The average Bonchev–Trinajstić information content (AvgIpc) is 2.41. The van der Waals surface area contributed by atoms with Gasteiger partial charge in [0.25, 0.3) is 0 Å². The molecule has 0 saturated carbocycles. The number of phosphoric acid groups is 2. The Kier molecular flexibility index (Phi) is 8.48. The fraction of sp³-hybridized carbons (Fsp3) is 0.571. The smallest absolute Gasteiger partial charge is 0.404 e. The fourth-order valence-corrected chi connectivity index (χ4v) is 3.71. The van der Waals surface area contributed by atoms with Crippen molar-refractivity contribution in [1.82, 2.24) is 0 Å². The molecule has 1 unspecified atom stereocenters. The van der Waals surface area contributed by atoms with Crippen molar-refractivity contribution in [1.29, 1.82) is 0 Å². The maximum Gasteiger partial charge on any atom is 0.536 e. The molecule has 0 aliphatic rings. The molecule has 1 aromatic carbocycles. The Bertz CT molecular complexity index is 553. The van der Waals surface area contributed by atoms with Gasteiger partial charge in [-0.3, -0.25) is 4.89 Å². The zero-order valence-corrected chi connectivity index (χ0v) is 14.9. The number of benzene rings is 1. The van der Waals surface area contributed by atoms with E-state index in [0.29, 0.717) is 0 Å². The molecule has 0 saturated heterocycles. The Labute approximate surface area is 136 Å². The van der Waals surface area contributed by atoms with Gasteiger partial charge in [0.05, 0.1) is 0 Å². The molecule has 1 rings (SSSR count). The zero-order chi connectivity index (χ0) is 17.3. The predicted molar refractivity (Wildman–Crippen MR) is 87.1 cm³/mol. The maximum atomic E-state index is 11.4. The summed E-state index contributed by atoms with van der Waals surface area (Å²) in [6.45, 7) is 2.18. The first-order valence-electron chi connectivity index (χ1n) is 7.60. The number of hydrogen-bond acceptors (Lipinski definition) is 4. The van der Waals surface area contributed by atoms with Crippen LogP contribution in [0.4, 0.5) is 0 Å². The molecule has 0 amide bonds. The molecule has 0 aromatic heterocycles. The molecule has 0 bridgehead atoms. The Hall–Kier alpha value is -0.680. The highest BCUT2D eigenvalue weighted by Crippen LogP contribution is 2.57. The van der Waals surface area contributed by atoms with Crippen LogP contribution in [0.5, 0.6) is 5.75 Å². The van der Waals surface area contributed by atoms with Gasteiger partial charge in [0.2, 0.25) is 0 Å². The van der Waals surface area contributed by atoms with E-state index in [9.17, 15) is 14.0 Å². The fourth-order valence-electron chi connectivity index (χ4n) is 2.11. The summed E-state index contributed by atoms with van der Waals surface area (Å²) in [6.07, 6.45) is 8.12. The summed E-state index contributed by atoms with van der Waals surface area (Å²) in [6, 6.07) is 6.44. The topological polar surface area (TPSA) is 113 Å². The third-order valence-corrected chi connectivity index (χ3v) is 5.29. The monoisotopic (exact) mass is 366 g/mol. The van der Waals surface area contributed by atoms with E-state index >= 15 is 0 Å². The number of phosphoric ester groups is 1. The summed E-state index contributed by atoms with van der Waals surface area (Å²) in [5.41, 5.74) is 1.07. The van der Waals surface area contributed by atoms with Gasteiger partial charge < -0.3 is 14.3 Å². The lowest BCUT2D eigenvalue weighted by atomic mass is 10.1. The van der Waals surface area contributed by atoms with Crippen molar-refractivity contribution in [2.75, 3.05) is 0 Å². The largest absolute Gasteiger partial charge is 0.536 e. The zero-order valence-electron chi connectivity index (χ0n) is 13.1. The van der Waals surface area contributed by atoms with Crippen molar-refractivity contribution < 1.29 is 32.6 Å². The summed E-state index contributed by atoms with van der Waals surface area (Å²) < 4.78 is 30.3. The average molecular weight is 366 g/mol. The maximum absolute atomic E-state index is 11.4. The molecule has 1 aromatic rings. The van der Waals surface area contributed by atoms with Crippen LogP contribution in [-0.2, 0) is 19.9 Å². The van der Waals surface area contributed by atoms with E-state index in [1.54, 1.807) is 12.1 Å². The van der Waals surface area contributed by atoms with E-state index in [4.69, 9.17) is 9.79 Å². The van der Waals surface area contributed by atoms with Crippen molar-refractivity contribution in [2.45, 2.75) is 51.9 Å². The van der Waals surface area contributed by atoms with Gasteiger partial charge in [-0.25, -0.2) is 9.13 Å². The molecule has 0 aliphatic carbocycles. The van der Waals surface area contributed by atoms with Crippen molar-refractivity contribution in [3.05, 3.63) is 29.8 Å². The first-order valence-corrected chi connectivity index (χ1v) is 10.6. The number of hydrogen-bond donors (Lipinski definition) is 3. The number of rotatable bonds is 11. The summed E-state index contributed by atoms with van der Waals surface area (Å²) >= 11 is 0. The van der Waals surface area contributed by atoms with Crippen LogP contribution in [0.2, 0.25) is 0 Å². The highest BCUT2D eigenvalue weighted by atomic mass is 31.3. The van der Waals surface area contributed by atoms with Crippen molar-refractivity contribution in [3.63, 3.8) is 0 Å². The van der Waals surface area contributed by atoms with Gasteiger partial charge in [0.1, 0.15) is 5.75 Å². The van der Waals surface area contributed by atoms with Gasteiger partial charge in [-0.1, -0.05) is 51.2 Å². The van der Waals surface area contributed by atoms with Crippen LogP contribution in [0.25, 0.3) is 0 Å². The second-order valence-electron chi connectivity index (χ2n) is 5.29. The molecule has 3 N–H and O–H groups in total. The highest BCUT2D eigenvalue weighted by Gasteiger charge is 2.33. The first-order chi connectivity index (χ1) is 10.7. The lowest BCUT2D eigenvalue weighted by molar-refractivity contribution is 0.229. The predicted octanol–water partition coefficient (Wildman–Crippen LogP) is 4.18. The second kappa shape index (κ2) is 9.58. The Morgan fingerprint density at radius 3 is 2.04 bits per heavy atom. The van der Waals surface area contributed by atoms with E-state index in [1.165, 1.54) is 44.2 Å². The first kappa shape index (κ1) is 20.4. The van der Waals surface area contributed by atoms with Crippen LogP contribution in [0.3, 0.4) is 0 Å². The van der Waals surface area contributed by atoms with E-state index in [2.05, 4.69) is 15.8 Å². The normalized spacial score (nSPS) is 14.4. The van der Waals surface area contributed by atoms with Crippen LogP contribution >= 0.6 is 15.6 Å². The van der Waals surface area contributed by atoms with Gasteiger partial charge in [-0.15, -0.1) is 0 Å². The van der Waals surface area contributed by atoms with E-state index in [0.717, 1.165) is 18.4 Å². The van der Waals surface area contributed by atoms with Crippen LogP contribution in [0, 0.1) is 0 Å². The minimum atomic E-state index is -5.10. The Morgan fingerprint density at radius 1 is 0.913 bits per heavy atom. The third-order valence-electron chi connectivity index (χ3n) is 3.17. The second-order valence-corrected chi connectivity index (χ2v) is 8.05. The van der Waals surface area contributed by atoms with Gasteiger partial charge in [-0.2, -0.15) is 4.31 Å². The van der Waals surface area contributed by atoms with Crippen molar-refractivity contribution in [3.8, 4) is 5.75 Å². The SMILES string of the molecule is CCCCCCCCc1ccc(OP(=O)(O)OP(=O)(O)O)cc1. The Morgan fingerprint density at radius 2 is 1.48 bits per heavy atom. The summed E-state index contributed by atoms with van der Waals surface area (Å²) in [5.74, 6) is 0.0102. The van der Waals surface area contributed by atoms with Crippen LogP contribution in [0.1, 0.15) is 51.0 Å². The van der Waals surface area contributed by atoms with Gasteiger partial charge >= 0.3 is 15.6 Å². The molecule has 23 heavy (non-hydrogen) atoms. The van der Waals surface area contributed by atoms with E-state index < -0.39 is 15.6 Å². The molecule has 132 valence electrons. The molecule has 0 aliphatic heterocycles. The van der Waals surface area contributed by atoms with Gasteiger partial charge in [-0.05, 0) is 30.5 Å². The van der Waals surface area contributed by atoms with Crippen molar-refractivity contribution >= 4 is 15.6 Å². The lowest BCUT2D eigenvalue weighted by Crippen LogP contribution is -1.96. The molecule has 0 radical (unpaired) electrons. The molecule has 9 heteroatoms. The minimum Gasteiger partial charge on any atom is -0.404 e. The third kappa shape index (κ3) is 9.92. The molecule has 1 atom stereocenters. The summed E-state index contributed by atoms with van der Waals surface area (Å²) in [5, 5.41) is 0. The van der Waals surface area contributed by atoms with Gasteiger partial charge in [0, 0.05) is 0 Å². The summed E-state index contributed by atoms with van der Waals surface area (Å²) in [7, 11) is -9.95. The standard InChI is InChI=1S/C14H24O7P2/c1-2-3-4-5-6-7-8-13-9-11-14(12-10-13)20-23(18,19)21-22(15,16)17/h9-12H,2-8H2,1H3,(H,18,19)(H2,15,16,17). The van der Waals surface area contributed by atoms with Crippen LogP contribution in [-0.4, -0.2) is 14.7 Å². The van der Waals surface area contributed by atoms with Crippen LogP contribution < -0.4 is 4.52 Å². The Balaban J connectivity index is 2.41. The molecular formula is C14H24O7P2. The quantitative estimate of drug-likeness (QED) is 0.398. The number of aryl methyl sites for hydroxylation is 1. The molecule has 0 fully saturated rings. The van der Waals surface area contributed by atoms with Crippen LogP contribution in [0.15, 0.2) is 24.3 Å². The molecule has 0 heterocycles. The van der Waals surface area contributed by atoms with Crippen molar-refractivity contribution in [2.24, 2.45) is 0 Å². The van der Waals surface area contributed by atoms with E-state index in [1.807, 2.05) is 0 Å². The van der Waals surface area contributed by atoms with E-state index in [-0.39, 0.29) is 5.75 Å². The number of unbranched alkanes of at least 4 members (excludes halogenated alkanes) is 5. The molecule has 0 spiro atoms. The molecule has 7 nitrogen and oxygen atoms in total. The highest BCUT2D eigenvalue weighted by molar-refractivity contribution is 7.60. The summed E-state index contributed by atoms with van der Waals surface area (Å²) in [4.78, 5) is 26.3. The van der Waals surface area contributed by atoms with Gasteiger partial charge in [0.15, 0.2) is 0 Å².